The lowest BCUT2D eigenvalue weighted by Crippen LogP contribution is -2.43. The lowest BCUT2D eigenvalue weighted by Gasteiger charge is -2.30. The molecule has 1 saturated carbocycles. The topological polar surface area (TPSA) is 88.8 Å². The van der Waals surface area contributed by atoms with Crippen LogP contribution in [-0.2, 0) is 16.0 Å². The van der Waals surface area contributed by atoms with Crippen LogP contribution in [0.25, 0.3) is 0 Å². The minimum atomic E-state index is -0.454. The minimum Gasteiger partial charge on any atom is -0.469 e. The molecule has 0 aliphatic heterocycles. The van der Waals surface area contributed by atoms with E-state index in [2.05, 4.69) is 10.1 Å². The predicted octanol–water partition coefficient (Wildman–Crippen LogP) is 1.28. The fraction of sp³-hybridized carbons (Fsp3) is 0.600. The second kappa shape index (κ2) is 7.26. The van der Waals surface area contributed by atoms with E-state index in [1.165, 1.54) is 13.4 Å². The van der Waals surface area contributed by atoms with Crippen molar-refractivity contribution in [1.29, 1.82) is 0 Å². The third-order valence-electron chi connectivity index (χ3n) is 3.98. The first-order valence-corrected chi connectivity index (χ1v) is 7.20. The zero-order valence-corrected chi connectivity index (χ0v) is 12.1. The van der Waals surface area contributed by atoms with Crippen LogP contribution in [0.5, 0.6) is 0 Å². The average molecular weight is 295 g/mol. The Morgan fingerprint density at radius 2 is 2.19 bits per heavy atom. The Morgan fingerprint density at radius 1 is 1.43 bits per heavy atom. The lowest BCUT2D eigenvalue weighted by atomic mass is 9.85. The molecule has 1 amide bonds. The van der Waals surface area contributed by atoms with E-state index in [-0.39, 0.29) is 30.9 Å². The molecule has 2 N–H and O–H groups in total. The molecule has 1 heterocycles. The molecule has 6 heteroatoms. The number of esters is 1. The van der Waals surface area contributed by atoms with Gasteiger partial charge >= 0.3 is 5.97 Å². The molecule has 2 atom stereocenters. The number of ether oxygens (including phenoxy) is 1. The summed E-state index contributed by atoms with van der Waals surface area (Å²) < 4.78 is 9.77. The fourth-order valence-electron chi connectivity index (χ4n) is 2.75. The van der Waals surface area contributed by atoms with E-state index in [0.717, 1.165) is 25.7 Å². The number of carbonyl (C=O) groups is 2. The van der Waals surface area contributed by atoms with Crippen molar-refractivity contribution < 1.29 is 23.8 Å². The highest BCUT2D eigenvalue weighted by Gasteiger charge is 2.27. The second-order valence-corrected chi connectivity index (χ2v) is 5.32. The number of carbonyl (C=O) groups excluding carboxylic acids is 2. The van der Waals surface area contributed by atoms with Gasteiger partial charge in [-0.25, -0.2) is 0 Å². The number of methoxy groups -OCH3 is 1. The summed E-state index contributed by atoms with van der Waals surface area (Å²) in [5.74, 6) is -0.327. The number of aliphatic hydroxyl groups excluding tert-OH is 1. The Bertz CT molecular complexity index is 496. The molecule has 0 radical (unpaired) electrons. The van der Waals surface area contributed by atoms with Gasteiger partial charge in [0.05, 0.1) is 18.9 Å². The Kier molecular flexibility index (Phi) is 5.38. The molecular weight excluding hydrogens is 274 g/mol. The normalized spacial score (nSPS) is 21.8. The van der Waals surface area contributed by atoms with Crippen molar-refractivity contribution in [2.24, 2.45) is 5.92 Å². The van der Waals surface area contributed by atoms with Gasteiger partial charge in [-0.05, 0) is 18.9 Å². The summed E-state index contributed by atoms with van der Waals surface area (Å²) in [6, 6.07) is 1.52. The molecule has 1 aromatic heterocycles. The average Bonchev–Trinajstić information content (AvgIpc) is 2.95. The minimum absolute atomic E-state index is 0.0304. The quantitative estimate of drug-likeness (QED) is 0.799. The molecule has 0 aromatic carbocycles. The molecule has 1 aliphatic rings. The fourth-order valence-corrected chi connectivity index (χ4v) is 2.75. The molecule has 0 bridgehead atoms. The van der Waals surface area contributed by atoms with Crippen LogP contribution in [0.15, 0.2) is 16.7 Å². The maximum atomic E-state index is 12.3. The second-order valence-electron chi connectivity index (χ2n) is 5.32. The van der Waals surface area contributed by atoms with Crippen LogP contribution >= 0.6 is 0 Å². The Hall–Kier alpha value is -1.82. The molecule has 2 rings (SSSR count). The van der Waals surface area contributed by atoms with Gasteiger partial charge in [0.2, 0.25) is 0 Å². The Morgan fingerprint density at radius 3 is 2.90 bits per heavy atom. The monoisotopic (exact) mass is 295 g/mol. The molecule has 21 heavy (non-hydrogen) atoms. The highest BCUT2D eigenvalue weighted by atomic mass is 16.5. The van der Waals surface area contributed by atoms with Crippen LogP contribution in [0.1, 0.15) is 41.8 Å². The van der Waals surface area contributed by atoms with Crippen LogP contribution in [0.2, 0.25) is 0 Å². The summed E-state index contributed by atoms with van der Waals surface area (Å²) in [5, 5.41) is 12.3. The number of furan rings is 1. The van der Waals surface area contributed by atoms with Crippen LogP contribution in [0.4, 0.5) is 0 Å². The van der Waals surface area contributed by atoms with Crippen LogP contribution in [0.3, 0.4) is 0 Å². The van der Waals surface area contributed by atoms with Gasteiger partial charge in [0, 0.05) is 18.6 Å². The first-order chi connectivity index (χ1) is 10.2. The van der Waals surface area contributed by atoms with E-state index >= 15 is 0 Å². The maximum Gasteiger partial charge on any atom is 0.313 e. The van der Waals surface area contributed by atoms with E-state index in [1.807, 2.05) is 0 Å². The first kappa shape index (κ1) is 15.6. The molecular formula is C15H21NO5. The number of hydrogen-bond donors (Lipinski definition) is 2. The number of rotatable bonds is 5. The molecule has 1 aromatic rings. The maximum absolute atomic E-state index is 12.3. The van der Waals surface area contributed by atoms with Crippen LogP contribution in [-0.4, -0.2) is 36.7 Å². The summed E-state index contributed by atoms with van der Waals surface area (Å²) in [5.41, 5.74) is 0.350. The van der Waals surface area contributed by atoms with Crippen molar-refractivity contribution in [3.05, 3.63) is 23.7 Å². The molecule has 1 aliphatic carbocycles. The van der Waals surface area contributed by atoms with Crippen molar-refractivity contribution in [2.75, 3.05) is 13.7 Å². The summed E-state index contributed by atoms with van der Waals surface area (Å²) in [4.78, 5) is 23.6. The Balaban J connectivity index is 2.03. The molecule has 1 fully saturated rings. The van der Waals surface area contributed by atoms with Crippen LogP contribution in [0, 0.1) is 5.92 Å². The van der Waals surface area contributed by atoms with Gasteiger partial charge in [0.15, 0.2) is 0 Å². The SMILES string of the molecule is COC(=O)Cc1occc1C(=O)N[C@@H]1CCCC[C@H]1CO. The van der Waals surface area contributed by atoms with Gasteiger partial charge in [-0.2, -0.15) is 0 Å². The van der Waals surface area contributed by atoms with E-state index in [4.69, 9.17) is 4.42 Å². The number of hydrogen-bond acceptors (Lipinski definition) is 5. The molecule has 0 spiro atoms. The zero-order valence-electron chi connectivity index (χ0n) is 12.1. The molecule has 6 nitrogen and oxygen atoms in total. The van der Waals surface area contributed by atoms with E-state index < -0.39 is 5.97 Å². The van der Waals surface area contributed by atoms with Crippen molar-refractivity contribution in [2.45, 2.75) is 38.1 Å². The predicted molar refractivity (Wildman–Crippen MR) is 74.7 cm³/mol. The number of aliphatic hydroxyl groups is 1. The molecule has 116 valence electrons. The van der Waals surface area contributed by atoms with Gasteiger partial charge in [-0.15, -0.1) is 0 Å². The summed E-state index contributed by atoms with van der Waals surface area (Å²) >= 11 is 0. The largest absolute Gasteiger partial charge is 0.469 e. The van der Waals surface area contributed by atoms with Crippen molar-refractivity contribution >= 4 is 11.9 Å². The molecule has 0 saturated heterocycles. The summed E-state index contributed by atoms with van der Waals surface area (Å²) in [6.07, 6.45) is 5.22. The van der Waals surface area contributed by atoms with E-state index in [0.29, 0.717) is 11.3 Å². The first-order valence-electron chi connectivity index (χ1n) is 7.20. The van der Waals surface area contributed by atoms with E-state index in [1.54, 1.807) is 6.07 Å². The van der Waals surface area contributed by atoms with Gasteiger partial charge < -0.3 is 19.6 Å². The summed E-state index contributed by atoms with van der Waals surface area (Å²) in [7, 11) is 1.29. The van der Waals surface area contributed by atoms with E-state index in [9.17, 15) is 14.7 Å². The standard InChI is InChI=1S/C15H21NO5/c1-20-14(18)8-13-11(6-7-21-13)15(19)16-12-5-3-2-4-10(12)9-17/h6-7,10,12,17H,2-5,8-9H2,1H3,(H,16,19)/t10-,12+/m0/s1. The zero-order chi connectivity index (χ0) is 15.2. The third kappa shape index (κ3) is 3.85. The highest BCUT2D eigenvalue weighted by Crippen LogP contribution is 2.24. The highest BCUT2D eigenvalue weighted by molar-refractivity contribution is 5.96. The smallest absolute Gasteiger partial charge is 0.313 e. The molecule has 0 unspecified atom stereocenters. The van der Waals surface area contributed by atoms with Crippen LogP contribution < -0.4 is 5.32 Å². The third-order valence-corrected chi connectivity index (χ3v) is 3.98. The lowest BCUT2D eigenvalue weighted by molar-refractivity contribution is -0.140. The van der Waals surface area contributed by atoms with Gasteiger partial charge in [0.25, 0.3) is 5.91 Å². The van der Waals surface area contributed by atoms with Gasteiger partial charge in [-0.3, -0.25) is 9.59 Å². The summed E-state index contributed by atoms with van der Waals surface area (Å²) in [6.45, 7) is 0.0748. The number of nitrogens with one attached hydrogen (secondary N) is 1. The van der Waals surface area contributed by atoms with Crippen molar-refractivity contribution in [1.82, 2.24) is 5.32 Å². The number of amides is 1. The van der Waals surface area contributed by atoms with Crippen molar-refractivity contribution in [3.8, 4) is 0 Å². The van der Waals surface area contributed by atoms with Gasteiger partial charge in [-0.1, -0.05) is 12.8 Å². The van der Waals surface area contributed by atoms with Crippen molar-refractivity contribution in [3.63, 3.8) is 0 Å². The van der Waals surface area contributed by atoms with Gasteiger partial charge in [0.1, 0.15) is 12.2 Å². The Labute approximate surface area is 123 Å².